The van der Waals surface area contributed by atoms with E-state index in [0.29, 0.717) is 12.5 Å². The molecule has 5 nitrogen and oxygen atoms in total. The third-order valence-corrected chi connectivity index (χ3v) is 2.90. The van der Waals surface area contributed by atoms with Crippen LogP contribution in [0.5, 0.6) is 0 Å². The molecule has 0 spiro atoms. The Kier molecular flexibility index (Phi) is 5.41. The number of piperidine rings is 1. The highest BCUT2D eigenvalue weighted by Crippen LogP contribution is 2.16. The van der Waals surface area contributed by atoms with Gasteiger partial charge in [-0.05, 0) is 33.1 Å². The van der Waals surface area contributed by atoms with Gasteiger partial charge in [0, 0.05) is 32.2 Å². The fraction of sp³-hybridized carbons (Fsp3) is 0.923. The molecule has 0 bridgehead atoms. The highest BCUT2D eigenvalue weighted by molar-refractivity contribution is 5.68. The van der Waals surface area contributed by atoms with Gasteiger partial charge in [-0.1, -0.05) is 6.92 Å². The van der Waals surface area contributed by atoms with E-state index in [1.54, 1.807) is 0 Å². The van der Waals surface area contributed by atoms with Gasteiger partial charge >= 0.3 is 6.09 Å². The van der Waals surface area contributed by atoms with E-state index < -0.39 is 5.60 Å². The molecule has 1 heterocycles. The van der Waals surface area contributed by atoms with Gasteiger partial charge in [-0.15, -0.1) is 0 Å². The number of ether oxygens (including phenoxy) is 1. The molecule has 0 aliphatic carbocycles. The Morgan fingerprint density at radius 2 is 2.11 bits per heavy atom. The molecular weight excluding hydrogens is 230 g/mol. The molecule has 1 fully saturated rings. The Morgan fingerprint density at radius 3 is 2.67 bits per heavy atom. The van der Waals surface area contributed by atoms with Crippen molar-refractivity contribution in [2.45, 2.75) is 45.8 Å². The van der Waals surface area contributed by atoms with Crippen molar-refractivity contribution in [3.63, 3.8) is 0 Å². The predicted molar refractivity (Wildman–Crippen MR) is 72.4 cm³/mol. The van der Waals surface area contributed by atoms with Crippen LogP contribution in [0.3, 0.4) is 0 Å². The highest BCUT2D eigenvalue weighted by atomic mass is 16.6. The molecule has 1 saturated heterocycles. The molecule has 5 heteroatoms. The average Bonchev–Trinajstić information content (AvgIpc) is 2.12. The van der Waals surface area contributed by atoms with Crippen LogP contribution in [-0.2, 0) is 4.74 Å². The maximum absolute atomic E-state index is 11.7. The summed E-state index contributed by atoms with van der Waals surface area (Å²) >= 11 is 0. The van der Waals surface area contributed by atoms with E-state index in [0.717, 1.165) is 26.1 Å². The minimum absolute atomic E-state index is 0.162. The molecule has 106 valence electrons. The monoisotopic (exact) mass is 257 g/mol. The minimum Gasteiger partial charge on any atom is -0.444 e. The number of hydrogen-bond donors (Lipinski definition) is 2. The number of nitrogens with zero attached hydrogens (tertiary/aromatic N) is 1. The lowest BCUT2D eigenvalue weighted by Crippen LogP contribution is -2.52. The van der Waals surface area contributed by atoms with Crippen molar-refractivity contribution in [2.24, 2.45) is 11.7 Å². The second kappa shape index (κ2) is 6.38. The molecule has 0 aromatic rings. The summed E-state index contributed by atoms with van der Waals surface area (Å²) in [5, 5.41) is 2.95. The summed E-state index contributed by atoms with van der Waals surface area (Å²) in [5.41, 5.74) is 5.14. The van der Waals surface area contributed by atoms with Crippen LogP contribution in [-0.4, -0.2) is 48.8 Å². The third-order valence-electron chi connectivity index (χ3n) is 2.90. The zero-order chi connectivity index (χ0) is 13.8. The largest absolute Gasteiger partial charge is 0.444 e. The minimum atomic E-state index is -0.443. The first-order valence-electron chi connectivity index (χ1n) is 6.72. The van der Waals surface area contributed by atoms with Crippen LogP contribution in [0.2, 0.25) is 0 Å². The molecule has 0 saturated carbocycles. The first-order chi connectivity index (χ1) is 8.30. The van der Waals surface area contributed by atoms with Gasteiger partial charge in [0.1, 0.15) is 5.60 Å². The smallest absolute Gasteiger partial charge is 0.407 e. The van der Waals surface area contributed by atoms with Gasteiger partial charge in [0.15, 0.2) is 0 Å². The molecule has 1 aliphatic rings. The number of amides is 1. The molecule has 18 heavy (non-hydrogen) atoms. The van der Waals surface area contributed by atoms with E-state index in [2.05, 4.69) is 17.1 Å². The fourth-order valence-corrected chi connectivity index (χ4v) is 2.41. The lowest BCUT2D eigenvalue weighted by atomic mass is 9.96. The Balaban J connectivity index is 2.43. The molecule has 0 aromatic carbocycles. The maximum atomic E-state index is 11.7. The van der Waals surface area contributed by atoms with Gasteiger partial charge in [-0.25, -0.2) is 4.79 Å². The Bertz CT molecular complexity index is 276. The first kappa shape index (κ1) is 15.2. The van der Waals surface area contributed by atoms with E-state index in [1.807, 2.05) is 20.8 Å². The molecule has 1 amide bonds. The van der Waals surface area contributed by atoms with Crippen molar-refractivity contribution >= 4 is 6.09 Å². The number of carbonyl (C=O) groups excluding carboxylic acids is 1. The van der Waals surface area contributed by atoms with Crippen LogP contribution >= 0.6 is 0 Å². The lowest BCUT2D eigenvalue weighted by molar-refractivity contribution is 0.0455. The fourth-order valence-electron chi connectivity index (χ4n) is 2.41. The van der Waals surface area contributed by atoms with Crippen LogP contribution in [0, 0.1) is 5.92 Å². The number of carbonyl (C=O) groups is 1. The second-order valence-electron chi connectivity index (χ2n) is 6.23. The highest BCUT2D eigenvalue weighted by Gasteiger charge is 2.27. The van der Waals surface area contributed by atoms with Crippen molar-refractivity contribution in [3.8, 4) is 0 Å². The van der Waals surface area contributed by atoms with Gasteiger partial charge in [-0.2, -0.15) is 0 Å². The average molecular weight is 257 g/mol. The molecule has 2 atom stereocenters. The summed E-state index contributed by atoms with van der Waals surface area (Å²) < 4.78 is 5.28. The topological polar surface area (TPSA) is 67.6 Å². The molecule has 0 aromatic heterocycles. The van der Waals surface area contributed by atoms with Crippen molar-refractivity contribution in [3.05, 3.63) is 0 Å². The van der Waals surface area contributed by atoms with Gasteiger partial charge in [-0.3, -0.25) is 4.90 Å². The Hall–Kier alpha value is -0.810. The summed E-state index contributed by atoms with van der Waals surface area (Å²) in [7, 11) is 0. The normalized spacial score (nSPS) is 25.8. The van der Waals surface area contributed by atoms with E-state index in [1.165, 1.54) is 0 Å². The van der Waals surface area contributed by atoms with Crippen molar-refractivity contribution in [2.75, 3.05) is 26.2 Å². The zero-order valence-corrected chi connectivity index (χ0v) is 12.0. The third kappa shape index (κ3) is 5.69. The molecule has 0 radical (unpaired) electrons. The van der Waals surface area contributed by atoms with E-state index in [9.17, 15) is 4.79 Å². The van der Waals surface area contributed by atoms with Gasteiger partial charge in [0.2, 0.25) is 0 Å². The van der Waals surface area contributed by atoms with Crippen LogP contribution < -0.4 is 11.1 Å². The van der Waals surface area contributed by atoms with Gasteiger partial charge < -0.3 is 15.8 Å². The van der Waals surface area contributed by atoms with E-state index in [4.69, 9.17) is 10.5 Å². The molecule has 1 rings (SSSR count). The number of likely N-dealkylation sites (tertiary alicyclic amines) is 1. The van der Waals surface area contributed by atoms with E-state index in [-0.39, 0.29) is 12.1 Å². The zero-order valence-electron chi connectivity index (χ0n) is 12.0. The molecular formula is C13H27N3O2. The van der Waals surface area contributed by atoms with Gasteiger partial charge in [0.25, 0.3) is 0 Å². The van der Waals surface area contributed by atoms with Crippen molar-refractivity contribution in [1.29, 1.82) is 0 Å². The predicted octanol–water partition coefficient (Wildman–Crippen LogP) is 1.18. The van der Waals surface area contributed by atoms with Crippen LogP contribution in [0.25, 0.3) is 0 Å². The van der Waals surface area contributed by atoms with Crippen molar-refractivity contribution in [1.82, 2.24) is 10.2 Å². The summed E-state index contributed by atoms with van der Waals surface area (Å²) in [6.45, 7) is 11.3. The standard InChI is InChI=1S/C13H27N3O2/c1-10-7-11(9-16(8-10)6-5-14)15-12(17)18-13(2,3)4/h10-11H,5-9,14H2,1-4H3,(H,15,17). The number of nitrogens with one attached hydrogen (secondary N) is 1. The number of hydrogen-bond acceptors (Lipinski definition) is 4. The quantitative estimate of drug-likeness (QED) is 0.796. The molecule has 1 aliphatic heterocycles. The number of rotatable bonds is 3. The maximum Gasteiger partial charge on any atom is 0.407 e. The second-order valence-corrected chi connectivity index (χ2v) is 6.23. The SMILES string of the molecule is CC1CC(NC(=O)OC(C)(C)C)CN(CCN)C1. The van der Waals surface area contributed by atoms with E-state index >= 15 is 0 Å². The van der Waals surface area contributed by atoms with Crippen LogP contribution in [0.4, 0.5) is 4.79 Å². The summed E-state index contributed by atoms with van der Waals surface area (Å²) in [5.74, 6) is 0.574. The molecule has 3 N–H and O–H groups in total. The summed E-state index contributed by atoms with van der Waals surface area (Å²) in [6, 6.07) is 0.162. The Labute approximate surface area is 110 Å². The summed E-state index contributed by atoms with van der Waals surface area (Å²) in [6.07, 6.45) is 0.676. The lowest BCUT2D eigenvalue weighted by Gasteiger charge is -2.36. The molecule has 2 unspecified atom stereocenters. The van der Waals surface area contributed by atoms with Crippen molar-refractivity contribution < 1.29 is 9.53 Å². The first-order valence-corrected chi connectivity index (χ1v) is 6.72. The number of nitrogens with two attached hydrogens (primary N) is 1. The summed E-state index contributed by atoms with van der Waals surface area (Å²) in [4.78, 5) is 14.0. The Morgan fingerprint density at radius 1 is 1.44 bits per heavy atom. The van der Waals surface area contributed by atoms with Crippen LogP contribution in [0.1, 0.15) is 34.1 Å². The van der Waals surface area contributed by atoms with Gasteiger partial charge in [0.05, 0.1) is 0 Å². The van der Waals surface area contributed by atoms with Crippen LogP contribution in [0.15, 0.2) is 0 Å². The number of alkyl carbamates (subject to hydrolysis) is 1.